The second-order valence-electron chi connectivity index (χ2n) is 5.06. The molecule has 2 aromatic carbocycles. The number of aryl methyl sites for hydroxylation is 2. The van der Waals surface area contributed by atoms with E-state index in [9.17, 15) is 4.79 Å². The Balaban J connectivity index is 2.24. The third kappa shape index (κ3) is 2.48. The zero-order valence-electron chi connectivity index (χ0n) is 11.9. The van der Waals surface area contributed by atoms with Crippen molar-refractivity contribution in [3.05, 3.63) is 65.4 Å². The van der Waals surface area contributed by atoms with Crippen LogP contribution in [0.15, 0.2) is 48.5 Å². The highest BCUT2D eigenvalue weighted by atomic mass is 16.1. The molecule has 0 saturated carbocycles. The minimum Gasteiger partial charge on any atom is -0.296 e. The van der Waals surface area contributed by atoms with Crippen molar-refractivity contribution in [2.24, 2.45) is 0 Å². The molecule has 3 rings (SSSR count). The zero-order valence-corrected chi connectivity index (χ0v) is 11.9. The van der Waals surface area contributed by atoms with E-state index in [4.69, 9.17) is 0 Å². The third-order valence-corrected chi connectivity index (χ3v) is 3.35. The van der Waals surface area contributed by atoms with Crippen molar-refractivity contribution in [1.82, 2.24) is 15.0 Å². The quantitative estimate of drug-likeness (QED) is 0.690. The monoisotopic (exact) mass is 277 g/mol. The summed E-state index contributed by atoms with van der Waals surface area (Å²) in [5, 5.41) is 8.13. The Labute approximate surface area is 123 Å². The van der Waals surface area contributed by atoms with Crippen LogP contribution < -0.4 is 0 Å². The molecule has 0 amide bonds. The smallest absolute Gasteiger partial charge is 0.172 e. The van der Waals surface area contributed by atoms with E-state index in [1.807, 2.05) is 62.4 Å². The van der Waals surface area contributed by atoms with Crippen LogP contribution in [0.5, 0.6) is 0 Å². The Morgan fingerprint density at radius 1 is 1.00 bits per heavy atom. The minimum absolute atomic E-state index is 0.349. The average molecular weight is 277 g/mol. The lowest BCUT2D eigenvalue weighted by Crippen LogP contribution is -2.00. The lowest BCUT2D eigenvalue weighted by Gasteiger charge is -2.08. The number of hydrogen-bond donors (Lipinski definition) is 0. The number of carbonyl (C=O) groups excluding carboxylic acids is 1. The molecule has 21 heavy (non-hydrogen) atoms. The fourth-order valence-electron chi connectivity index (χ4n) is 2.38. The number of aromatic nitrogens is 3. The second kappa shape index (κ2) is 5.32. The van der Waals surface area contributed by atoms with Crippen molar-refractivity contribution in [1.29, 1.82) is 0 Å². The van der Waals surface area contributed by atoms with Crippen molar-refractivity contribution < 1.29 is 4.79 Å². The fourth-order valence-corrected chi connectivity index (χ4v) is 2.38. The van der Waals surface area contributed by atoms with Crippen LogP contribution in [0.25, 0.3) is 16.9 Å². The van der Waals surface area contributed by atoms with Gasteiger partial charge in [-0.1, -0.05) is 41.1 Å². The van der Waals surface area contributed by atoms with Gasteiger partial charge in [-0.2, -0.15) is 0 Å². The van der Waals surface area contributed by atoms with Gasteiger partial charge in [-0.3, -0.25) is 4.79 Å². The van der Waals surface area contributed by atoms with E-state index in [0.717, 1.165) is 34.4 Å². The van der Waals surface area contributed by atoms with Crippen molar-refractivity contribution in [3.8, 4) is 16.9 Å². The third-order valence-electron chi connectivity index (χ3n) is 3.35. The highest BCUT2D eigenvalue weighted by Gasteiger charge is 2.15. The lowest BCUT2D eigenvalue weighted by atomic mass is 10.1. The molecule has 0 aliphatic rings. The fraction of sp³-hybridized carbons (Fsp3) is 0.118. The molecule has 0 atom stereocenters. The normalized spacial score (nSPS) is 10.6. The van der Waals surface area contributed by atoms with Crippen molar-refractivity contribution in [2.45, 2.75) is 13.8 Å². The molecular formula is C17H15N3O. The van der Waals surface area contributed by atoms with E-state index in [1.165, 1.54) is 0 Å². The molecule has 0 fully saturated rings. The summed E-state index contributed by atoms with van der Waals surface area (Å²) < 4.78 is 1.71. The van der Waals surface area contributed by atoms with Gasteiger partial charge >= 0.3 is 0 Å². The van der Waals surface area contributed by atoms with Crippen LogP contribution >= 0.6 is 0 Å². The van der Waals surface area contributed by atoms with E-state index in [1.54, 1.807) is 4.68 Å². The molecule has 0 aliphatic carbocycles. The van der Waals surface area contributed by atoms with E-state index >= 15 is 0 Å². The first-order chi connectivity index (χ1) is 10.2. The summed E-state index contributed by atoms with van der Waals surface area (Å²) in [7, 11) is 0. The van der Waals surface area contributed by atoms with Crippen molar-refractivity contribution in [2.75, 3.05) is 0 Å². The van der Waals surface area contributed by atoms with Gasteiger partial charge in [0.2, 0.25) is 0 Å². The SMILES string of the molecule is Cc1cccc(-c2c(C=O)nnn2-c2cccc(C)c2)c1. The second-order valence-corrected chi connectivity index (χ2v) is 5.06. The van der Waals surface area contributed by atoms with Gasteiger partial charge < -0.3 is 0 Å². The van der Waals surface area contributed by atoms with E-state index in [-0.39, 0.29) is 0 Å². The Morgan fingerprint density at radius 2 is 1.71 bits per heavy atom. The van der Waals surface area contributed by atoms with E-state index < -0.39 is 0 Å². The molecule has 0 saturated heterocycles. The predicted molar refractivity (Wildman–Crippen MR) is 81.7 cm³/mol. The molecule has 4 heteroatoms. The van der Waals surface area contributed by atoms with Gasteiger partial charge in [-0.05, 0) is 37.6 Å². The van der Waals surface area contributed by atoms with Gasteiger partial charge in [0.15, 0.2) is 12.0 Å². The van der Waals surface area contributed by atoms with E-state index in [0.29, 0.717) is 5.69 Å². The van der Waals surface area contributed by atoms with Crippen LogP contribution in [0.1, 0.15) is 21.6 Å². The molecule has 0 bridgehead atoms. The molecule has 1 heterocycles. The van der Waals surface area contributed by atoms with Crippen LogP contribution in [0, 0.1) is 13.8 Å². The first kappa shape index (κ1) is 13.2. The summed E-state index contributed by atoms with van der Waals surface area (Å²) in [6.45, 7) is 4.04. The first-order valence-corrected chi connectivity index (χ1v) is 6.74. The Morgan fingerprint density at radius 3 is 2.38 bits per heavy atom. The van der Waals surface area contributed by atoms with Gasteiger partial charge in [0.25, 0.3) is 0 Å². The molecule has 0 N–H and O–H groups in total. The Bertz CT molecular complexity index is 805. The molecule has 4 nitrogen and oxygen atoms in total. The van der Waals surface area contributed by atoms with Crippen molar-refractivity contribution in [3.63, 3.8) is 0 Å². The zero-order chi connectivity index (χ0) is 14.8. The number of nitrogens with zero attached hydrogens (tertiary/aromatic N) is 3. The first-order valence-electron chi connectivity index (χ1n) is 6.74. The highest BCUT2D eigenvalue weighted by molar-refractivity contribution is 5.84. The molecule has 104 valence electrons. The Hall–Kier alpha value is -2.75. The molecule has 0 spiro atoms. The maximum absolute atomic E-state index is 11.3. The largest absolute Gasteiger partial charge is 0.296 e. The summed E-state index contributed by atoms with van der Waals surface area (Å²) in [5.74, 6) is 0. The molecule has 0 unspecified atom stereocenters. The van der Waals surface area contributed by atoms with Gasteiger partial charge in [-0.25, -0.2) is 4.68 Å². The summed E-state index contributed by atoms with van der Waals surface area (Å²) >= 11 is 0. The summed E-state index contributed by atoms with van der Waals surface area (Å²) in [4.78, 5) is 11.3. The maximum atomic E-state index is 11.3. The Kier molecular flexibility index (Phi) is 3.36. The molecule has 0 radical (unpaired) electrons. The van der Waals surface area contributed by atoms with Gasteiger partial charge in [0.1, 0.15) is 5.69 Å². The molecule has 1 aromatic heterocycles. The van der Waals surface area contributed by atoms with Crippen LogP contribution in [0.4, 0.5) is 0 Å². The van der Waals surface area contributed by atoms with Crippen molar-refractivity contribution >= 4 is 6.29 Å². The number of hydrogen-bond acceptors (Lipinski definition) is 3. The number of benzene rings is 2. The molecule has 0 aliphatic heterocycles. The predicted octanol–water partition coefficient (Wildman–Crippen LogP) is 3.36. The van der Waals surface area contributed by atoms with Crippen LogP contribution in [0.2, 0.25) is 0 Å². The van der Waals surface area contributed by atoms with Gasteiger partial charge in [-0.15, -0.1) is 5.10 Å². The number of rotatable bonds is 3. The number of carbonyl (C=O) groups is 1. The van der Waals surface area contributed by atoms with E-state index in [2.05, 4.69) is 10.3 Å². The standard InChI is InChI=1S/C17H15N3O/c1-12-5-3-7-14(9-12)17-16(11-21)18-19-20(17)15-8-4-6-13(2)10-15/h3-11H,1-2H3. The molecule has 3 aromatic rings. The van der Waals surface area contributed by atoms with Crippen LogP contribution in [-0.4, -0.2) is 21.3 Å². The summed E-state index contributed by atoms with van der Waals surface area (Å²) in [6, 6.07) is 15.9. The minimum atomic E-state index is 0.349. The van der Waals surface area contributed by atoms with Gasteiger partial charge in [0, 0.05) is 5.56 Å². The van der Waals surface area contributed by atoms with Gasteiger partial charge in [0.05, 0.1) is 5.69 Å². The van der Waals surface area contributed by atoms with Crippen LogP contribution in [0.3, 0.4) is 0 Å². The topological polar surface area (TPSA) is 47.8 Å². The highest BCUT2D eigenvalue weighted by Crippen LogP contribution is 2.25. The molecular weight excluding hydrogens is 262 g/mol. The van der Waals surface area contributed by atoms with Crippen LogP contribution in [-0.2, 0) is 0 Å². The average Bonchev–Trinajstić information content (AvgIpc) is 2.91. The maximum Gasteiger partial charge on any atom is 0.172 e. The summed E-state index contributed by atoms with van der Waals surface area (Å²) in [5.41, 5.74) is 5.16. The lowest BCUT2D eigenvalue weighted by molar-refractivity contribution is 0.111. The number of aldehydes is 1. The summed E-state index contributed by atoms with van der Waals surface area (Å²) in [6.07, 6.45) is 0.747.